The number of carboxylic acids is 1. The maximum absolute atomic E-state index is 12.1. The first-order chi connectivity index (χ1) is 11.4. The molecule has 0 radical (unpaired) electrons. The smallest absolute Gasteiger partial charge is 0.317 e. The third-order valence-corrected chi connectivity index (χ3v) is 3.96. The highest BCUT2D eigenvalue weighted by Gasteiger charge is 2.18. The number of amides is 2. The van der Waals surface area contributed by atoms with Crippen molar-refractivity contribution >= 4 is 23.6 Å². The quantitative estimate of drug-likeness (QED) is 0.837. The van der Waals surface area contributed by atoms with E-state index in [0.717, 1.165) is 11.3 Å². The fraction of sp³-hybridized carbons (Fsp3) is 0.312. The van der Waals surface area contributed by atoms with Crippen LogP contribution in [0.2, 0.25) is 5.02 Å². The Bertz CT molecular complexity index is 718. The predicted octanol–water partition coefficient (Wildman–Crippen LogP) is 2.39. The Hall–Kier alpha value is -2.54. The van der Waals surface area contributed by atoms with E-state index >= 15 is 0 Å². The largest absolute Gasteiger partial charge is 0.481 e. The summed E-state index contributed by atoms with van der Waals surface area (Å²) in [5.41, 5.74) is 1.58. The summed E-state index contributed by atoms with van der Waals surface area (Å²) in [7, 11) is 1.55. The van der Waals surface area contributed by atoms with Crippen LogP contribution in [0.1, 0.15) is 12.5 Å². The molecule has 1 heterocycles. The van der Waals surface area contributed by atoms with E-state index in [1.165, 1.54) is 4.90 Å². The first-order valence-corrected chi connectivity index (χ1v) is 7.75. The topological polar surface area (TPSA) is 87.5 Å². The van der Waals surface area contributed by atoms with Crippen LogP contribution in [-0.4, -0.2) is 45.2 Å². The van der Waals surface area contributed by atoms with Gasteiger partial charge in [0.15, 0.2) is 0 Å². The number of rotatable bonds is 6. The van der Waals surface area contributed by atoms with Crippen LogP contribution in [0.4, 0.5) is 4.79 Å². The summed E-state index contributed by atoms with van der Waals surface area (Å²) in [6.45, 7) is 1.90. The van der Waals surface area contributed by atoms with Gasteiger partial charge in [0.05, 0.1) is 17.9 Å². The molecule has 2 N–H and O–H groups in total. The number of benzene rings is 1. The molecule has 7 nitrogen and oxygen atoms in total. The van der Waals surface area contributed by atoms with E-state index < -0.39 is 11.9 Å². The molecule has 2 aromatic rings. The number of carbonyl (C=O) groups excluding carboxylic acids is 1. The van der Waals surface area contributed by atoms with Gasteiger partial charge >= 0.3 is 12.0 Å². The molecule has 1 atom stereocenters. The summed E-state index contributed by atoms with van der Waals surface area (Å²) in [5.74, 6) is -1.58. The third kappa shape index (κ3) is 4.26. The highest BCUT2D eigenvalue weighted by atomic mass is 35.5. The molecule has 0 aliphatic carbocycles. The Morgan fingerprint density at radius 3 is 2.83 bits per heavy atom. The number of nitrogens with one attached hydrogen (secondary N) is 1. The summed E-state index contributed by atoms with van der Waals surface area (Å²) in [6, 6.07) is 5.09. The van der Waals surface area contributed by atoms with Gasteiger partial charge in [-0.15, -0.1) is 0 Å². The minimum atomic E-state index is -0.942. The fourth-order valence-corrected chi connectivity index (χ4v) is 2.47. The number of nitrogens with zero attached hydrogens (tertiary/aromatic N) is 3. The normalized spacial score (nSPS) is 11.8. The number of carboxylic acid groups (broad SMARTS) is 1. The zero-order chi connectivity index (χ0) is 17.7. The van der Waals surface area contributed by atoms with Crippen LogP contribution in [0.3, 0.4) is 0 Å². The van der Waals surface area contributed by atoms with E-state index in [4.69, 9.17) is 16.7 Å². The second-order valence-corrected chi connectivity index (χ2v) is 5.89. The van der Waals surface area contributed by atoms with Crippen LogP contribution < -0.4 is 5.32 Å². The van der Waals surface area contributed by atoms with Gasteiger partial charge in [-0.25, -0.2) is 9.78 Å². The first kappa shape index (κ1) is 17.8. The molecule has 2 rings (SSSR count). The molecule has 24 heavy (non-hydrogen) atoms. The molecule has 0 bridgehead atoms. The second kappa shape index (κ2) is 7.83. The molecular weight excluding hydrogens is 332 g/mol. The summed E-state index contributed by atoms with van der Waals surface area (Å²) in [4.78, 5) is 28.4. The molecular formula is C16H19ClN4O3. The highest BCUT2D eigenvalue weighted by Crippen LogP contribution is 2.23. The van der Waals surface area contributed by atoms with Crippen LogP contribution in [0.25, 0.3) is 5.69 Å². The van der Waals surface area contributed by atoms with E-state index in [0.29, 0.717) is 5.02 Å². The lowest BCUT2D eigenvalue weighted by Crippen LogP contribution is -2.40. The molecule has 0 spiro atoms. The van der Waals surface area contributed by atoms with Gasteiger partial charge in [-0.1, -0.05) is 24.6 Å². The molecule has 1 unspecified atom stereocenters. The molecule has 1 aromatic carbocycles. The van der Waals surface area contributed by atoms with Crippen molar-refractivity contribution in [2.45, 2.75) is 13.5 Å². The number of aliphatic carboxylic acids is 1. The summed E-state index contributed by atoms with van der Waals surface area (Å²) in [5, 5.41) is 12.2. The molecule has 0 saturated carbocycles. The van der Waals surface area contributed by atoms with Gasteiger partial charge in [0, 0.05) is 43.1 Å². The van der Waals surface area contributed by atoms with Gasteiger partial charge < -0.3 is 19.9 Å². The SMILES string of the molecule is CC(CN(C)C(=O)NCc1c(Cl)cccc1-n1ccnc1)C(=O)O. The number of halogens is 1. The minimum Gasteiger partial charge on any atom is -0.481 e. The average Bonchev–Trinajstić information content (AvgIpc) is 3.07. The summed E-state index contributed by atoms with van der Waals surface area (Å²) >= 11 is 6.26. The Kier molecular flexibility index (Phi) is 5.81. The van der Waals surface area contributed by atoms with Crippen LogP contribution >= 0.6 is 11.6 Å². The van der Waals surface area contributed by atoms with Gasteiger partial charge in [-0.3, -0.25) is 4.79 Å². The van der Waals surface area contributed by atoms with Gasteiger partial charge in [0.25, 0.3) is 0 Å². The maximum atomic E-state index is 12.1. The van der Waals surface area contributed by atoms with E-state index in [-0.39, 0.29) is 19.1 Å². The Morgan fingerprint density at radius 2 is 2.21 bits per heavy atom. The van der Waals surface area contributed by atoms with Crippen LogP contribution in [0, 0.1) is 5.92 Å². The van der Waals surface area contributed by atoms with Crippen LogP contribution in [-0.2, 0) is 11.3 Å². The fourth-order valence-electron chi connectivity index (χ4n) is 2.24. The van der Waals surface area contributed by atoms with Crippen molar-refractivity contribution in [3.63, 3.8) is 0 Å². The Labute approximate surface area is 144 Å². The second-order valence-electron chi connectivity index (χ2n) is 5.49. The summed E-state index contributed by atoms with van der Waals surface area (Å²) in [6.07, 6.45) is 5.10. The third-order valence-electron chi connectivity index (χ3n) is 3.61. The maximum Gasteiger partial charge on any atom is 0.317 e. The standard InChI is InChI=1S/C16H19ClN4O3/c1-11(15(22)23)9-20(2)16(24)19-8-12-13(17)4-3-5-14(12)21-7-6-18-10-21/h3-7,10-11H,8-9H2,1-2H3,(H,19,24)(H,22,23). The number of aromatic nitrogens is 2. The molecule has 0 fully saturated rings. The molecule has 0 aliphatic heterocycles. The van der Waals surface area contributed by atoms with E-state index in [2.05, 4.69) is 10.3 Å². The van der Waals surface area contributed by atoms with E-state index in [1.807, 2.05) is 16.7 Å². The van der Waals surface area contributed by atoms with E-state index in [1.54, 1.807) is 38.8 Å². The zero-order valence-corrected chi connectivity index (χ0v) is 14.2. The Balaban J connectivity index is 2.07. The lowest BCUT2D eigenvalue weighted by Gasteiger charge is -2.21. The lowest BCUT2D eigenvalue weighted by molar-refractivity contribution is -0.141. The van der Waals surface area contributed by atoms with Crippen molar-refractivity contribution in [2.75, 3.05) is 13.6 Å². The van der Waals surface area contributed by atoms with Crippen molar-refractivity contribution in [1.29, 1.82) is 0 Å². The number of carbonyl (C=O) groups is 2. The highest BCUT2D eigenvalue weighted by molar-refractivity contribution is 6.31. The Morgan fingerprint density at radius 1 is 1.46 bits per heavy atom. The van der Waals surface area contributed by atoms with Gasteiger partial charge in [0.1, 0.15) is 0 Å². The minimum absolute atomic E-state index is 0.123. The van der Waals surface area contributed by atoms with Gasteiger partial charge in [-0.2, -0.15) is 0 Å². The molecule has 1 aromatic heterocycles. The molecule has 8 heteroatoms. The molecule has 0 aliphatic rings. The lowest BCUT2D eigenvalue weighted by atomic mass is 10.1. The van der Waals surface area contributed by atoms with E-state index in [9.17, 15) is 9.59 Å². The molecule has 0 saturated heterocycles. The first-order valence-electron chi connectivity index (χ1n) is 7.37. The summed E-state index contributed by atoms with van der Waals surface area (Å²) < 4.78 is 1.81. The van der Waals surface area contributed by atoms with Gasteiger partial charge in [-0.05, 0) is 12.1 Å². The number of hydrogen-bond acceptors (Lipinski definition) is 3. The molecule has 2 amide bonds. The van der Waals surface area contributed by atoms with Crippen molar-refractivity contribution in [1.82, 2.24) is 19.8 Å². The average molecular weight is 351 g/mol. The molecule has 128 valence electrons. The van der Waals surface area contributed by atoms with Crippen molar-refractivity contribution < 1.29 is 14.7 Å². The van der Waals surface area contributed by atoms with Crippen molar-refractivity contribution in [3.8, 4) is 5.69 Å². The predicted molar refractivity (Wildman–Crippen MR) is 90.2 cm³/mol. The monoisotopic (exact) mass is 350 g/mol. The zero-order valence-electron chi connectivity index (χ0n) is 13.4. The van der Waals surface area contributed by atoms with Crippen LogP contribution in [0.15, 0.2) is 36.9 Å². The van der Waals surface area contributed by atoms with Crippen LogP contribution in [0.5, 0.6) is 0 Å². The number of urea groups is 1. The van der Waals surface area contributed by atoms with Gasteiger partial charge in [0.2, 0.25) is 0 Å². The number of imidazole rings is 1. The van der Waals surface area contributed by atoms with Crippen molar-refractivity contribution in [3.05, 3.63) is 47.5 Å². The van der Waals surface area contributed by atoms with Crippen molar-refractivity contribution in [2.24, 2.45) is 5.92 Å². The number of hydrogen-bond donors (Lipinski definition) is 2.